The largest absolute Gasteiger partial charge is 0.497 e. The molecule has 0 heterocycles. The van der Waals surface area contributed by atoms with Crippen LogP contribution in [0.2, 0.25) is 0 Å². The lowest BCUT2D eigenvalue weighted by Crippen LogP contribution is -2.31. The highest BCUT2D eigenvalue weighted by molar-refractivity contribution is 7.89. The first-order chi connectivity index (χ1) is 15.3. The monoisotopic (exact) mass is 454 g/mol. The number of nitrogens with one attached hydrogen (secondary N) is 2. The minimum absolute atomic E-state index is 0.116. The van der Waals surface area contributed by atoms with E-state index in [1.165, 1.54) is 14.2 Å². The van der Waals surface area contributed by atoms with Crippen molar-refractivity contribution >= 4 is 21.6 Å². The number of hydrogen-bond acceptors (Lipinski definition) is 5. The van der Waals surface area contributed by atoms with E-state index >= 15 is 0 Å². The second kappa shape index (κ2) is 10.3. The summed E-state index contributed by atoms with van der Waals surface area (Å²) in [6.45, 7) is 1.88. The average Bonchev–Trinajstić information content (AvgIpc) is 2.79. The molecule has 0 fully saturated rings. The van der Waals surface area contributed by atoms with Gasteiger partial charge in [0.15, 0.2) is 0 Å². The molecule has 1 amide bonds. The summed E-state index contributed by atoms with van der Waals surface area (Å²) in [4.78, 5) is 13.0. The summed E-state index contributed by atoms with van der Waals surface area (Å²) in [5, 5.41) is 2.79. The Kier molecular flexibility index (Phi) is 7.50. The van der Waals surface area contributed by atoms with Gasteiger partial charge in [-0.15, -0.1) is 0 Å². The molecule has 0 spiro atoms. The van der Waals surface area contributed by atoms with Gasteiger partial charge >= 0.3 is 0 Å². The molecule has 0 aliphatic rings. The highest BCUT2D eigenvalue weighted by Gasteiger charge is 2.24. The fourth-order valence-corrected chi connectivity index (χ4v) is 4.41. The van der Waals surface area contributed by atoms with Gasteiger partial charge in [-0.05, 0) is 36.8 Å². The minimum Gasteiger partial charge on any atom is -0.497 e. The van der Waals surface area contributed by atoms with E-state index in [1.807, 2.05) is 13.0 Å². The van der Waals surface area contributed by atoms with Crippen LogP contribution in [-0.4, -0.2) is 28.5 Å². The Morgan fingerprint density at radius 1 is 0.938 bits per heavy atom. The predicted molar refractivity (Wildman–Crippen MR) is 123 cm³/mol. The van der Waals surface area contributed by atoms with E-state index in [2.05, 4.69) is 10.0 Å². The van der Waals surface area contributed by atoms with Crippen LogP contribution in [0, 0.1) is 6.92 Å². The maximum absolute atomic E-state index is 13.0. The molecule has 0 bridgehead atoms. The molecule has 0 saturated heterocycles. The zero-order chi connectivity index (χ0) is 23.1. The Bertz CT molecular complexity index is 1160. The molecule has 8 heteroatoms. The molecule has 0 unspecified atom stereocenters. The second-order valence-electron chi connectivity index (χ2n) is 7.22. The molecule has 3 aromatic carbocycles. The number of sulfonamides is 1. The highest BCUT2D eigenvalue weighted by atomic mass is 32.2. The molecule has 1 atom stereocenters. The van der Waals surface area contributed by atoms with E-state index in [9.17, 15) is 13.2 Å². The highest BCUT2D eigenvalue weighted by Crippen LogP contribution is 2.30. The van der Waals surface area contributed by atoms with Crippen LogP contribution in [0.4, 0.5) is 5.69 Å². The van der Waals surface area contributed by atoms with Crippen molar-refractivity contribution in [3.63, 3.8) is 0 Å². The van der Waals surface area contributed by atoms with Crippen LogP contribution < -0.4 is 19.5 Å². The molecule has 168 valence electrons. The van der Waals surface area contributed by atoms with E-state index in [0.717, 1.165) is 5.56 Å². The molecule has 0 aromatic heterocycles. The van der Waals surface area contributed by atoms with E-state index in [4.69, 9.17) is 9.47 Å². The van der Waals surface area contributed by atoms with Crippen molar-refractivity contribution in [1.29, 1.82) is 0 Å². The number of hydrogen-bond donors (Lipinski definition) is 2. The molecule has 32 heavy (non-hydrogen) atoms. The number of rotatable bonds is 9. The van der Waals surface area contributed by atoms with Crippen molar-refractivity contribution in [3.05, 3.63) is 83.9 Å². The molecule has 3 rings (SSSR count). The van der Waals surface area contributed by atoms with Gasteiger partial charge in [0, 0.05) is 12.5 Å². The maximum atomic E-state index is 13.0. The lowest BCUT2D eigenvalue weighted by atomic mass is 10.0. The molecule has 0 saturated carbocycles. The maximum Gasteiger partial charge on any atom is 0.241 e. The zero-order valence-corrected chi connectivity index (χ0v) is 19.0. The van der Waals surface area contributed by atoms with E-state index in [-0.39, 0.29) is 17.2 Å². The standard InChI is InChI=1S/C24H26N2O5S/c1-17-9-12-20(13-10-17)32(28,29)26-21(18-7-5-4-6-8-18)16-24(27)25-22-15-19(30-2)11-14-23(22)31-3/h4-15,21,26H,16H2,1-3H3,(H,25,27)/t21-/m0/s1. The molecule has 0 aliphatic heterocycles. The van der Waals surface area contributed by atoms with Crippen LogP contribution in [0.15, 0.2) is 77.7 Å². The molecular weight excluding hydrogens is 428 g/mol. The number of carbonyl (C=O) groups excluding carboxylic acids is 1. The summed E-state index contributed by atoms with van der Waals surface area (Å²) in [6, 6.07) is 19.8. The lowest BCUT2D eigenvalue weighted by Gasteiger charge is -2.20. The summed E-state index contributed by atoms with van der Waals surface area (Å²) >= 11 is 0. The van der Waals surface area contributed by atoms with Gasteiger partial charge in [0.2, 0.25) is 15.9 Å². The topological polar surface area (TPSA) is 93.7 Å². The van der Waals surface area contributed by atoms with Crippen molar-refractivity contribution in [1.82, 2.24) is 4.72 Å². The van der Waals surface area contributed by atoms with Gasteiger partial charge in [-0.2, -0.15) is 0 Å². The van der Waals surface area contributed by atoms with Crippen LogP contribution in [0.1, 0.15) is 23.6 Å². The van der Waals surface area contributed by atoms with Crippen molar-refractivity contribution in [3.8, 4) is 11.5 Å². The fraction of sp³-hybridized carbons (Fsp3) is 0.208. The normalized spacial score (nSPS) is 12.1. The third-order valence-electron chi connectivity index (χ3n) is 4.90. The Morgan fingerprint density at radius 2 is 1.62 bits per heavy atom. The molecule has 2 N–H and O–H groups in total. The first kappa shape index (κ1) is 23.3. The summed E-state index contributed by atoms with van der Waals surface area (Å²) < 4.78 is 39.1. The smallest absolute Gasteiger partial charge is 0.241 e. The van der Waals surface area contributed by atoms with Crippen molar-refractivity contribution in [2.45, 2.75) is 24.3 Å². The second-order valence-corrected chi connectivity index (χ2v) is 8.93. The number of methoxy groups -OCH3 is 2. The first-order valence-electron chi connectivity index (χ1n) is 9.98. The van der Waals surface area contributed by atoms with Gasteiger partial charge < -0.3 is 14.8 Å². The number of anilines is 1. The Balaban J connectivity index is 1.84. The summed E-state index contributed by atoms with van der Waals surface area (Å²) in [5.41, 5.74) is 2.07. The summed E-state index contributed by atoms with van der Waals surface area (Å²) in [6.07, 6.45) is -0.116. The predicted octanol–water partition coefficient (Wildman–Crippen LogP) is 4.06. The fourth-order valence-electron chi connectivity index (χ4n) is 3.18. The van der Waals surface area contributed by atoms with Crippen LogP contribution in [0.25, 0.3) is 0 Å². The summed E-state index contributed by atoms with van der Waals surface area (Å²) in [7, 11) is -0.815. The van der Waals surface area contributed by atoms with Gasteiger partial charge in [0.1, 0.15) is 11.5 Å². The first-order valence-corrected chi connectivity index (χ1v) is 11.5. The average molecular weight is 455 g/mol. The minimum atomic E-state index is -3.84. The molecule has 3 aromatic rings. The van der Waals surface area contributed by atoms with Gasteiger partial charge in [-0.3, -0.25) is 4.79 Å². The van der Waals surface area contributed by atoms with Gasteiger partial charge in [-0.25, -0.2) is 13.1 Å². The number of carbonyl (C=O) groups is 1. The van der Waals surface area contributed by atoms with Crippen molar-refractivity contribution in [2.24, 2.45) is 0 Å². The van der Waals surface area contributed by atoms with Crippen LogP contribution in [-0.2, 0) is 14.8 Å². The quantitative estimate of drug-likeness (QED) is 0.509. The van der Waals surface area contributed by atoms with E-state index in [0.29, 0.717) is 22.7 Å². The molecule has 0 radical (unpaired) electrons. The molecule has 0 aliphatic carbocycles. The third-order valence-corrected chi connectivity index (χ3v) is 6.39. The Hall–Kier alpha value is -3.36. The zero-order valence-electron chi connectivity index (χ0n) is 18.2. The van der Waals surface area contributed by atoms with E-state index in [1.54, 1.807) is 66.7 Å². The van der Waals surface area contributed by atoms with Crippen molar-refractivity contribution < 1.29 is 22.7 Å². The Morgan fingerprint density at radius 3 is 2.25 bits per heavy atom. The van der Waals surface area contributed by atoms with E-state index < -0.39 is 16.1 Å². The van der Waals surface area contributed by atoms with Crippen LogP contribution >= 0.6 is 0 Å². The third kappa shape index (κ3) is 5.87. The number of amides is 1. The number of ether oxygens (including phenoxy) is 2. The molecular formula is C24H26N2O5S. The Labute approximate surface area is 188 Å². The number of benzene rings is 3. The number of aryl methyl sites for hydroxylation is 1. The van der Waals surface area contributed by atoms with Gasteiger partial charge in [0.25, 0.3) is 0 Å². The lowest BCUT2D eigenvalue weighted by molar-refractivity contribution is -0.116. The van der Waals surface area contributed by atoms with Crippen LogP contribution in [0.3, 0.4) is 0 Å². The molecule has 7 nitrogen and oxygen atoms in total. The van der Waals surface area contributed by atoms with Gasteiger partial charge in [0.05, 0.1) is 30.8 Å². The summed E-state index contributed by atoms with van der Waals surface area (Å²) in [5.74, 6) is 0.647. The van der Waals surface area contributed by atoms with Crippen LogP contribution in [0.5, 0.6) is 11.5 Å². The van der Waals surface area contributed by atoms with Crippen molar-refractivity contribution in [2.75, 3.05) is 19.5 Å². The van der Waals surface area contributed by atoms with Gasteiger partial charge in [-0.1, -0.05) is 48.0 Å². The SMILES string of the molecule is COc1ccc(OC)c(NC(=O)C[C@H](NS(=O)(=O)c2ccc(C)cc2)c2ccccc2)c1.